The van der Waals surface area contributed by atoms with E-state index in [0.717, 1.165) is 24.2 Å². The van der Waals surface area contributed by atoms with E-state index in [0.29, 0.717) is 60.8 Å². The Hall–Kier alpha value is -3.11. The summed E-state index contributed by atoms with van der Waals surface area (Å²) in [5, 5.41) is 8.24. The van der Waals surface area contributed by atoms with Gasteiger partial charge in [0.15, 0.2) is 17.3 Å². The van der Waals surface area contributed by atoms with Crippen LogP contribution in [0.1, 0.15) is 36.4 Å². The Morgan fingerprint density at radius 1 is 1.10 bits per heavy atom. The molecule has 4 rings (SSSR count). The number of methoxy groups -OCH3 is 2. The molecule has 1 fully saturated rings. The van der Waals surface area contributed by atoms with Crippen LogP contribution in [-0.4, -0.2) is 75.2 Å². The lowest BCUT2D eigenvalue weighted by atomic mass is 10.0. The van der Waals surface area contributed by atoms with E-state index in [1.165, 1.54) is 0 Å². The van der Waals surface area contributed by atoms with Crippen molar-refractivity contribution in [1.29, 1.82) is 0 Å². The third-order valence-electron chi connectivity index (χ3n) is 6.89. The van der Waals surface area contributed by atoms with Crippen LogP contribution in [-0.2, 0) is 16.1 Å². The van der Waals surface area contributed by atoms with Gasteiger partial charge in [-0.25, -0.2) is 0 Å². The van der Waals surface area contributed by atoms with Gasteiger partial charge in [-0.1, -0.05) is 28.9 Å². The second-order valence-corrected chi connectivity index (χ2v) is 10.5. The van der Waals surface area contributed by atoms with E-state index in [1.54, 1.807) is 32.4 Å². The quantitative estimate of drug-likeness (QED) is 0.268. The maximum Gasteiger partial charge on any atom is 0.254 e. The molecule has 1 aliphatic heterocycles. The van der Waals surface area contributed by atoms with Crippen molar-refractivity contribution in [1.82, 2.24) is 15.4 Å². The number of rotatable bonds is 14. The topological polar surface area (TPSA) is 95.3 Å². The molecule has 0 saturated carbocycles. The molecule has 2 heterocycles. The van der Waals surface area contributed by atoms with E-state index < -0.39 is 0 Å². The number of ether oxygens (including phenoxy) is 4. The van der Waals surface area contributed by atoms with Crippen LogP contribution in [0.25, 0.3) is 11.3 Å². The summed E-state index contributed by atoms with van der Waals surface area (Å²) in [6.45, 7) is 7.41. The van der Waals surface area contributed by atoms with Crippen molar-refractivity contribution in [3.8, 4) is 22.8 Å². The lowest BCUT2D eigenvalue weighted by Crippen LogP contribution is -2.43. The number of halogens is 1. The zero-order chi connectivity index (χ0) is 28.5. The van der Waals surface area contributed by atoms with Crippen molar-refractivity contribution in [3.63, 3.8) is 0 Å². The molecular formula is C30H38ClN3O6. The molecule has 40 heavy (non-hydrogen) atoms. The minimum atomic E-state index is -0.0753. The second-order valence-electron chi connectivity index (χ2n) is 10.1. The van der Waals surface area contributed by atoms with Gasteiger partial charge in [-0.05, 0) is 44.2 Å². The van der Waals surface area contributed by atoms with Gasteiger partial charge in [0.1, 0.15) is 12.3 Å². The number of amides is 1. The van der Waals surface area contributed by atoms with E-state index in [2.05, 4.69) is 10.5 Å². The molecule has 0 radical (unpaired) electrons. The summed E-state index contributed by atoms with van der Waals surface area (Å²) in [5.74, 6) is 1.83. The van der Waals surface area contributed by atoms with Crippen molar-refractivity contribution in [3.05, 3.63) is 64.9 Å². The number of aromatic nitrogens is 1. The van der Waals surface area contributed by atoms with Gasteiger partial charge >= 0.3 is 0 Å². The number of nitrogens with one attached hydrogen (secondary N) is 1. The zero-order valence-electron chi connectivity index (χ0n) is 23.5. The molecule has 0 aliphatic carbocycles. The van der Waals surface area contributed by atoms with Crippen molar-refractivity contribution in [2.45, 2.75) is 39.0 Å². The van der Waals surface area contributed by atoms with Gasteiger partial charge in [0.05, 0.1) is 19.8 Å². The molecule has 1 N–H and O–H groups in total. The average Bonchev–Trinajstić information content (AvgIpc) is 3.62. The third kappa shape index (κ3) is 7.75. The molecule has 9 nitrogen and oxygen atoms in total. The fourth-order valence-corrected chi connectivity index (χ4v) is 4.79. The molecule has 2 unspecified atom stereocenters. The summed E-state index contributed by atoms with van der Waals surface area (Å²) >= 11 is 5.99. The zero-order valence-corrected chi connectivity index (χ0v) is 24.3. The fraction of sp³-hybridized carbons (Fsp3) is 0.467. The van der Waals surface area contributed by atoms with E-state index in [1.807, 2.05) is 49.1 Å². The Kier molecular flexibility index (Phi) is 10.8. The van der Waals surface area contributed by atoms with Crippen LogP contribution in [0.5, 0.6) is 11.5 Å². The minimum Gasteiger partial charge on any atom is -0.493 e. The lowest BCUT2D eigenvalue weighted by molar-refractivity contribution is 0.00422. The number of benzene rings is 2. The molecule has 3 aromatic rings. The van der Waals surface area contributed by atoms with Crippen LogP contribution < -0.4 is 14.8 Å². The summed E-state index contributed by atoms with van der Waals surface area (Å²) in [6.07, 6.45) is 0.663. The summed E-state index contributed by atoms with van der Waals surface area (Å²) < 4.78 is 28.2. The summed E-state index contributed by atoms with van der Waals surface area (Å²) in [6, 6.07) is 14.6. The third-order valence-corrected chi connectivity index (χ3v) is 7.14. The molecule has 0 bridgehead atoms. The van der Waals surface area contributed by atoms with Gasteiger partial charge < -0.3 is 33.7 Å². The fourth-order valence-electron chi connectivity index (χ4n) is 4.67. The Morgan fingerprint density at radius 3 is 2.62 bits per heavy atom. The molecule has 216 valence electrons. The van der Waals surface area contributed by atoms with E-state index in [4.69, 9.17) is 35.1 Å². The second kappa shape index (κ2) is 14.5. The highest BCUT2D eigenvalue weighted by atomic mass is 35.5. The molecule has 1 aliphatic rings. The first kappa shape index (κ1) is 29.9. The molecule has 2 atom stereocenters. The Labute approximate surface area is 240 Å². The molecule has 10 heteroatoms. The highest BCUT2D eigenvalue weighted by Gasteiger charge is 2.32. The van der Waals surface area contributed by atoms with E-state index in [9.17, 15) is 4.79 Å². The van der Waals surface area contributed by atoms with Gasteiger partial charge in [-0.3, -0.25) is 4.79 Å². The predicted molar refractivity (Wildman–Crippen MR) is 153 cm³/mol. The summed E-state index contributed by atoms with van der Waals surface area (Å²) in [5.41, 5.74) is 2.21. The van der Waals surface area contributed by atoms with Crippen LogP contribution in [0.4, 0.5) is 0 Å². The number of carbonyl (C=O) groups excluding carboxylic acids is 1. The first-order chi connectivity index (χ1) is 19.4. The average molecular weight is 572 g/mol. The molecular weight excluding hydrogens is 534 g/mol. The number of hydrogen-bond donors (Lipinski definition) is 1. The largest absolute Gasteiger partial charge is 0.493 e. The summed E-state index contributed by atoms with van der Waals surface area (Å²) in [4.78, 5) is 15.6. The number of nitrogens with zero attached hydrogens (tertiary/aromatic N) is 2. The van der Waals surface area contributed by atoms with Gasteiger partial charge in [0.2, 0.25) is 0 Å². The van der Waals surface area contributed by atoms with Gasteiger partial charge in [0, 0.05) is 73.9 Å². The van der Waals surface area contributed by atoms with Crippen LogP contribution in [0, 0.1) is 5.92 Å². The molecule has 1 amide bonds. The molecule has 0 spiro atoms. The normalized spacial score (nSPS) is 16.9. The highest BCUT2D eigenvalue weighted by Crippen LogP contribution is 2.30. The van der Waals surface area contributed by atoms with Crippen LogP contribution in [0.2, 0.25) is 5.02 Å². The Morgan fingerprint density at radius 2 is 1.90 bits per heavy atom. The number of carbonyl (C=O) groups is 1. The maximum atomic E-state index is 13.7. The predicted octanol–water partition coefficient (Wildman–Crippen LogP) is 5.07. The first-order valence-corrected chi connectivity index (χ1v) is 13.9. The molecule has 1 saturated heterocycles. The highest BCUT2D eigenvalue weighted by molar-refractivity contribution is 6.30. The first-order valence-electron chi connectivity index (χ1n) is 13.5. The SMILES string of the molecule is COCCCOc1cc(C(=O)N(CC2CNCC2OCc2cc(-c3ccc(Cl)cc3)no2)C(C)C)ccc1OC. The van der Waals surface area contributed by atoms with E-state index >= 15 is 0 Å². The van der Waals surface area contributed by atoms with Crippen LogP contribution in [0.15, 0.2) is 53.1 Å². The van der Waals surface area contributed by atoms with Crippen molar-refractivity contribution in [2.24, 2.45) is 5.92 Å². The lowest BCUT2D eigenvalue weighted by Gasteiger charge is -2.31. The van der Waals surface area contributed by atoms with Crippen molar-refractivity contribution < 1.29 is 28.3 Å². The van der Waals surface area contributed by atoms with Crippen molar-refractivity contribution in [2.75, 3.05) is 47.1 Å². The van der Waals surface area contributed by atoms with Crippen LogP contribution in [0.3, 0.4) is 0 Å². The minimum absolute atomic E-state index is 0.00173. The van der Waals surface area contributed by atoms with Crippen molar-refractivity contribution >= 4 is 17.5 Å². The van der Waals surface area contributed by atoms with Gasteiger partial charge in [-0.15, -0.1) is 0 Å². The van der Waals surface area contributed by atoms with Gasteiger partial charge in [0.25, 0.3) is 5.91 Å². The van der Waals surface area contributed by atoms with Gasteiger partial charge in [-0.2, -0.15) is 0 Å². The number of hydrogen-bond acceptors (Lipinski definition) is 8. The smallest absolute Gasteiger partial charge is 0.254 e. The molecule has 2 aromatic carbocycles. The van der Waals surface area contributed by atoms with Crippen LogP contribution >= 0.6 is 11.6 Å². The standard InChI is InChI=1S/C30H38ClN3O6/c1-20(2)34(30(35)22-8-11-27(37-4)28(14-22)38-13-5-12-36-3)18-23-16-32-17-29(23)39-19-25-15-26(33-40-25)21-6-9-24(31)10-7-21/h6-11,14-15,20,23,29,32H,5,12-13,16-19H2,1-4H3. The van der Waals surface area contributed by atoms with E-state index in [-0.39, 0.29) is 24.0 Å². The summed E-state index contributed by atoms with van der Waals surface area (Å²) in [7, 11) is 3.24. The Balaban J connectivity index is 1.38. The Bertz CT molecular complexity index is 1230. The maximum absolute atomic E-state index is 13.7. The monoisotopic (exact) mass is 571 g/mol. The molecule has 1 aromatic heterocycles.